The van der Waals surface area contributed by atoms with Gasteiger partial charge in [0, 0.05) is 12.2 Å². The number of morpholine rings is 1. The number of nitrogen functional groups attached to an aromatic ring is 1. The number of halogens is 1. The highest BCUT2D eigenvalue weighted by atomic mass is 35.5. The Balaban J connectivity index is 2.30. The van der Waals surface area contributed by atoms with Gasteiger partial charge in [-0.15, -0.1) is 0 Å². The molecule has 0 bridgehead atoms. The Kier molecular flexibility index (Phi) is 3.31. The highest BCUT2D eigenvalue weighted by molar-refractivity contribution is 6.33. The average Bonchev–Trinajstić information content (AvgIpc) is 2.29. The van der Waals surface area contributed by atoms with Gasteiger partial charge in [-0.25, -0.2) is 0 Å². The van der Waals surface area contributed by atoms with Gasteiger partial charge in [-0.2, -0.15) is 0 Å². The fourth-order valence-corrected chi connectivity index (χ4v) is 2.09. The molecule has 0 spiro atoms. The molecule has 1 atom stereocenters. The number of nitrogens with two attached hydrogens (primary N) is 1. The minimum absolute atomic E-state index is 0.269. The molecule has 5 heteroatoms. The molecule has 1 aromatic rings. The van der Waals surface area contributed by atoms with E-state index >= 15 is 0 Å². The molecule has 0 amide bonds. The smallest absolute Gasteiger partial charge is 0.144 e. The summed E-state index contributed by atoms with van der Waals surface area (Å²) in [5.74, 6) is 0. The van der Waals surface area contributed by atoms with E-state index in [1.807, 2.05) is 11.0 Å². The van der Waals surface area contributed by atoms with Crippen molar-refractivity contribution in [3.05, 3.63) is 23.2 Å². The first-order valence-corrected chi connectivity index (χ1v) is 5.45. The largest absolute Gasteiger partial charge is 0.399 e. The molecule has 1 heterocycles. The summed E-state index contributed by atoms with van der Waals surface area (Å²) in [7, 11) is 0. The van der Waals surface area contributed by atoms with E-state index in [0.29, 0.717) is 30.5 Å². The number of ether oxygens (including phenoxy) is 1. The summed E-state index contributed by atoms with van der Waals surface area (Å²) >= 11 is 6.11. The Morgan fingerprint density at radius 3 is 3.06 bits per heavy atom. The van der Waals surface area contributed by atoms with Crippen LogP contribution < -0.4 is 10.6 Å². The summed E-state index contributed by atoms with van der Waals surface area (Å²) in [6.07, 6.45) is 0.881. The summed E-state index contributed by atoms with van der Waals surface area (Å²) in [6.45, 7) is 1.67. The second kappa shape index (κ2) is 4.72. The van der Waals surface area contributed by atoms with Crippen molar-refractivity contribution in [2.45, 2.75) is 6.04 Å². The molecule has 1 aliphatic heterocycles. The lowest BCUT2D eigenvalue weighted by Crippen LogP contribution is -2.46. The van der Waals surface area contributed by atoms with Crippen molar-refractivity contribution in [3.8, 4) is 0 Å². The molecule has 0 aliphatic carbocycles. The molecular weight excluding hydrogens is 228 g/mol. The van der Waals surface area contributed by atoms with Crippen LogP contribution in [0.4, 0.5) is 11.4 Å². The third-order valence-corrected chi connectivity index (χ3v) is 2.91. The zero-order valence-corrected chi connectivity index (χ0v) is 9.48. The maximum atomic E-state index is 10.9. The lowest BCUT2D eigenvalue weighted by atomic mass is 10.2. The summed E-state index contributed by atoms with van der Waals surface area (Å²) < 4.78 is 5.25. The van der Waals surface area contributed by atoms with Crippen molar-refractivity contribution in [3.63, 3.8) is 0 Å². The number of hydrogen-bond acceptors (Lipinski definition) is 4. The van der Waals surface area contributed by atoms with E-state index in [1.165, 1.54) is 0 Å². The van der Waals surface area contributed by atoms with Gasteiger partial charge >= 0.3 is 0 Å². The zero-order valence-electron chi connectivity index (χ0n) is 8.73. The zero-order chi connectivity index (χ0) is 11.5. The van der Waals surface area contributed by atoms with E-state index in [2.05, 4.69) is 0 Å². The Labute approximate surface area is 98.9 Å². The lowest BCUT2D eigenvalue weighted by molar-refractivity contribution is -0.111. The van der Waals surface area contributed by atoms with Gasteiger partial charge in [-0.1, -0.05) is 11.6 Å². The molecule has 1 aromatic carbocycles. The molecule has 2 rings (SSSR count). The maximum absolute atomic E-state index is 10.9. The van der Waals surface area contributed by atoms with Crippen LogP contribution in [0.1, 0.15) is 0 Å². The van der Waals surface area contributed by atoms with Crippen LogP contribution in [0.2, 0.25) is 5.02 Å². The number of aldehydes is 1. The number of nitrogens with zero attached hydrogens (tertiary/aromatic N) is 1. The van der Waals surface area contributed by atoms with Crippen LogP contribution in [0.3, 0.4) is 0 Å². The first-order valence-electron chi connectivity index (χ1n) is 5.07. The first kappa shape index (κ1) is 11.2. The number of anilines is 2. The molecule has 2 N–H and O–H groups in total. The predicted octanol–water partition coefficient (Wildman–Crippen LogP) is 1.33. The monoisotopic (exact) mass is 240 g/mol. The Morgan fingerprint density at radius 2 is 2.38 bits per heavy atom. The van der Waals surface area contributed by atoms with Crippen LogP contribution in [0, 0.1) is 0 Å². The fraction of sp³-hybridized carbons (Fsp3) is 0.364. The van der Waals surface area contributed by atoms with Crippen molar-refractivity contribution in [2.24, 2.45) is 0 Å². The molecule has 0 radical (unpaired) electrons. The number of benzene rings is 1. The highest BCUT2D eigenvalue weighted by Gasteiger charge is 2.24. The van der Waals surface area contributed by atoms with Gasteiger partial charge in [0.25, 0.3) is 0 Å². The number of carbonyl (C=O) groups is 1. The molecule has 0 saturated carbocycles. The SMILES string of the molecule is Nc1ccc(N2CCOCC2C=O)c(Cl)c1. The minimum Gasteiger partial charge on any atom is -0.399 e. The lowest BCUT2D eigenvalue weighted by Gasteiger charge is -2.34. The third-order valence-electron chi connectivity index (χ3n) is 2.60. The quantitative estimate of drug-likeness (QED) is 0.626. The number of hydrogen-bond donors (Lipinski definition) is 1. The van der Waals surface area contributed by atoms with Gasteiger partial charge in [0.1, 0.15) is 12.3 Å². The van der Waals surface area contributed by atoms with Gasteiger partial charge in [-0.3, -0.25) is 0 Å². The number of rotatable bonds is 2. The predicted molar refractivity (Wildman–Crippen MR) is 63.9 cm³/mol. The Morgan fingerprint density at radius 1 is 1.56 bits per heavy atom. The van der Waals surface area contributed by atoms with Crippen LogP contribution in [0.5, 0.6) is 0 Å². The molecule has 1 unspecified atom stereocenters. The van der Waals surface area contributed by atoms with Crippen LogP contribution in [-0.4, -0.2) is 32.1 Å². The van der Waals surface area contributed by atoms with Crippen LogP contribution in [0.25, 0.3) is 0 Å². The van der Waals surface area contributed by atoms with Crippen molar-refractivity contribution in [1.29, 1.82) is 0 Å². The highest BCUT2D eigenvalue weighted by Crippen LogP contribution is 2.29. The third kappa shape index (κ3) is 2.13. The average molecular weight is 241 g/mol. The van der Waals surface area contributed by atoms with Gasteiger partial charge < -0.3 is 20.2 Å². The Bertz CT molecular complexity index is 398. The summed E-state index contributed by atoms with van der Waals surface area (Å²) in [5.41, 5.74) is 7.07. The number of carbonyl (C=O) groups excluding carboxylic acids is 1. The van der Waals surface area contributed by atoms with Crippen molar-refractivity contribution in [2.75, 3.05) is 30.4 Å². The first-order chi connectivity index (χ1) is 7.72. The normalized spacial score (nSPS) is 20.8. The van der Waals surface area contributed by atoms with Gasteiger partial charge in [-0.05, 0) is 18.2 Å². The molecule has 86 valence electrons. The molecule has 0 aromatic heterocycles. The second-order valence-corrected chi connectivity index (χ2v) is 4.09. The molecule has 1 saturated heterocycles. The molecule has 4 nitrogen and oxygen atoms in total. The van der Waals surface area contributed by atoms with Crippen molar-refractivity contribution < 1.29 is 9.53 Å². The van der Waals surface area contributed by atoms with Crippen molar-refractivity contribution >= 4 is 29.3 Å². The molecular formula is C11H13ClN2O2. The summed E-state index contributed by atoms with van der Waals surface area (Å²) in [5, 5.41) is 0.564. The maximum Gasteiger partial charge on any atom is 0.144 e. The van der Waals surface area contributed by atoms with E-state index in [1.54, 1.807) is 12.1 Å². The topological polar surface area (TPSA) is 55.6 Å². The molecule has 16 heavy (non-hydrogen) atoms. The van der Waals surface area contributed by atoms with E-state index < -0.39 is 0 Å². The standard InChI is InChI=1S/C11H13ClN2O2/c12-10-5-8(13)1-2-11(10)14-3-4-16-7-9(14)6-15/h1-2,5-6,9H,3-4,7,13H2. The van der Waals surface area contributed by atoms with Gasteiger partial charge in [0.2, 0.25) is 0 Å². The van der Waals surface area contributed by atoms with Crippen LogP contribution in [-0.2, 0) is 9.53 Å². The van der Waals surface area contributed by atoms with E-state index in [4.69, 9.17) is 22.1 Å². The van der Waals surface area contributed by atoms with Gasteiger partial charge in [0.05, 0.1) is 23.9 Å². The molecule has 1 fully saturated rings. The second-order valence-electron chi connectivity index (χ2n) is 3.68. The summed E-state index contributed by atoms with van der Waals surface area (Å²) in [6, 6.07) is 5.03. The van der Waals surface area contributed by atoms with Crippen LogP contribution >= 0.6 is 11.6 Å². The molecule has 1 aliphatic rings. The van der Waals surface area contributed by atoms with E-state index in [0.717, 1.165) is 12.0 Å². The van der Waals surface area contributed by atoms with Crippen molar-refractivity contribution in [1.82, 2.24) is 0 Å². The fourth-order valence-electron chi connectivity index (χ4n) is 1.79. The van der Waals surface area contributed by atoms with Crippen LogP contribution in [0.15, 0.2) is 18.2 Å². The summed E-state index contributed by atoms with van der Waals surface area (Å²) in [4.78, 5) is 12.9. The minimum atomic E-state index is -0.269. The van der Waals surface area contributed by atoms with E-state index in [-0.39, 0.29) is 6.04 Å². The Hall–Kier alpha value is -1.26. The van der Waals surface area contributed by atoms with E-state index in [9.17, 15) is 4.79 Å². The van der Waals surface area contributed by atoms with Gasteiger partial charge in [0.15, 0.2) is 0 Å².